The first-order valence-corrected chi connectivity index (χ1v) is 9.71. The number of rotatable bonds is 4. The summed E-state index contributed by atoms with van der Waals surface area (Å²) in [5.41, 5.74) is 1.02. The average Bonchev–Trinajstić information content (AvgIpc) is 3.35. The number of halogens is 1. The molecular formula is C23H22FNO4. The summed E-state index contributed by atoms with van der Waals surface area (Å²) in [4.78, 5) is 27.5. The number of aliphatic hydroxyl groups excluding tert-OH is 1. The van der Waals surface area contributed by atoms with Gasteiger partial charge in [-0.05, 0) is 42.7 Å². The minimum atomic E-state index is -0.745. The topological polar surface area (TPSA) is 66.8 Å². The molecule has 1 unspecified atom stereocenters. The van der Waals surface area contributed by atoms with Gasteiger partial charge in [0, 0.05) is 11.6 Å². The zero-order valence-corrected chi connectivity index (χ0v) is 16.1. The monoisotopic (exact) mass is 395 g/mol. The number of carbonyl (C=O) groups is 2. The molecular weight excluding hydrogens is 373 g/mol. The molecule has 0 bridgehead atoms. The molecule has 1 atom stereocenters. The summed E-state index contributed by atoms with van der Waals surface area (Å²) in [6, 6.07) is 11.6. The fraction of sp³-hybridized carbons (Fsp3) is 0.304. The smallest absolute Gasteiger partial charge is 0.295 e. The van der Waals surface area contributed by atoms with Crippen LogP contribution in [0.3, 0.4) is 0 Å². The Balaban J connectivity index is 1.88. The molecule has 2 aromatic carbocycles. The number of ether oxygens (including phenoxy) is 1. The summed E-state index contributed by atoms with van der Waals surface area (Å²) in [5.74, 6) is -1.46. The van der Waals surface area contributed by atoms with Gasteiger partial charge in [-0.15, -0.1) is 0 Å². The van der Waals surface area contributed by atoms with E-state index in [1.54, 1.807) is 41.3 Å². The highest BCUT2D eigenvalue weighted by molar-refractivity contribution is 6.46. The number of methoxy groups -OCH3 is 1. The molecule has 2 fully saturated rings. The van der Waals surface area contributed by atoms with Crippen molar-refractivity contribution in [3.05, 3.63) is 71.0 Å². The van der Waals surface area contributed by atoms with Crippen LogP contribution in [0.5, 0.6) is 5.75 Å². The first kappa shape index (κ1) is 19.2. The van der Waals surface area contributed by atoms with Crippen molar-refractivity contribution in [2.75, 3.05) is 7.11 Å². The Labute approximate surface area is 168 Å². The molecule has 29 heavy (non-hydrogen) atoms. The van der Waals surface area contributed by atoms with Crippen LogP contribution in [-0.2, 0) is 9.59 Å². The number of hydrogen-bond acceptors (Lipinski definition) is 4. The lowest BCUT2D eigenvalue weighted by Gasteiger charge is -2.30. The predicted molar refractivity (Wildman–Crippen MR) is 106 cm³/mol. The third-order valence-corrected chi connectivity index (χ3v) is 5.73. The number of hydrogen-bond donors (Lipinski definition) is 1. The second-order valence-corrected chi connectivity index (χ2v) is 7.43. The summed E-state index contributed by atoms with van der Waals surface area (Å²) in [6.07, 6.45) is 3.59. The van der Waals surface area contributed by atoms with E-state index in [4.69, 9.17) is 4.74 Å². The van der Waals surface area contributed by atoms with Crippen molar-refractivity contribution in [3.63, 3.8) is 0 Å². The summed E-state index contributed by atoms with van der Waals surface area (Å²) < 4.78 is 18.7. The highest BCUT2D eigenvalue weighted by atomic mass is 19.1. The van der Waals surface area contributed by atoms with Gasteiger partial charge in [0.1, 0.15) is 17.3 Å². The molecule has 5 nitrogen and oxygen atoms in total. The minimum Gasteiger partial charge on any atom is -0.507 e. The van der Waals surface area contributed by atoms with Gasteiger partial charge in [0.05, 0.1) is 18.7 Å². The lowest BCUT2D eigenvalue weighted by atomic mass is 9.94. The SMILES string of the molecule is COc1cccc(/C(O)=C2/C(=O)C(=O)N(C3CCCC3)C2c2ccc(F)cc2)c1. The van der Waals surface area contributed by atoms with Gasteiger partial charge in [-0.1, -0.05) is 37.1 Å². The van der Waals surface area contributed by atoms with Gasteiger partial charge in [0.25, 0.3) is 11.7 Å². The second-order valence-electron chi connectivity index (χ2n) is 7.43. The zero-order chi connectivity index (χ0) is 20.5. The van der Waals surface area contributed by atoms with Crippen LogP contribution in [0.2, 0.25) is 0 Å². The molecule has 6 heteroatoms. The average molecular weight is 395 g/mol. The van der Waals surface area contributed by atoms with Crippen LogP contribution < -0.4 is 4.74 Å². The molecule has 1 N–H and O–H groups in total. The van der Waals surface area contributed by atoms with Crippen molar-refractivity contribution < 1.29 is 23.8 Å². The summed E-state index contributed by atoms with van der Waals surface area (Å²) in [6.45, 7) is 0. The van der Waals surface area contributed by atoms with Crippen LogP contribution in [-0.4, -0.2) is 34.8 Å². The molecule has 1 aliphatic heterocycles. The van der Waals surface area contributed by atoms with Gasteiger partial charge >= 0.3 is 0 Å². The van der Waals surface area contributed by atoms with Crippen molar-refractivity contribution in [3.8, 4) is 5.75 Å². The lowest BCUT2D eigenvalue weighted by molar-refractivity contribution is -0.141. The third kappa shape index (κ3) is 3.39. The van der Waals surface area contributed by atoms with Crippen molar-refractivity contribution in [2.24, 2.45) is 0 Å². The number of benzene rings is 2. The highest BCUT2D eigenvalue weighted by Gasteiger charge is 2.49. The minimum absolute atomic E-state index is 0.0294. The lowest BCUT2D eigenvalue weighted by Crippen LogP contribution is -2.37. The number of Topliss-reactive ketones (excluding diaryl/α,β-unsaturated/α-hetero) is 1. The maximum absolute atomic E-state index is 13.5. The molecule has 1 saturated carbocycles. The number of aliphatic hydroxyl groups is 1. The van der Waals surface area contributed by atoms with E-state index in [2.05, 4.69) is 0 Å². The van der Waals surface area contributed by atoms with Gasteiger partial charge in [-0.25, -0.2) is 4.39 Å². The Morgan fingerprint density at radius 2 is 1.79 bits per heavy atom. The van der Waals surface area contributed by atoms with E-state index in [1.165, 1.54) is 19.2 Å². The molecule has 0 spiro atoms. The molecule has 0 aromatic heterocycles. The fourth-order valence-electron chi connectivity index (χ4n) is 4.31. The summed E-state index contributed by atoms with van der Waals surface area (Å²) >= 11 is 0. The number of nitrogens with zero attached hydrogens (tertiary/aromatic N) is 1. The standard InChI is InChI=1S/C23H22FNO4/c1-29-18-8-4-5-15(13-18)21(26)19-20(14-9-11-16(24)12-10-14)25(23(28)22(19)27)17-6-2-3-7-17/h4-5,8-13,17,20,26H,2-3,6-7H2,1H3/b21-19-. The molecule has 1 heterocycles. The normalized spacial score (nSPS) is 21.7. The number of likely N-dealkylation sites (tertiary alicyclic amines) is 1. The molecule has 4 rings (SSSR count). The van der Waals surface area contributed by atoms with Crippen molar-refractivity contribution in [1.82, 2.24) is 4.90 Å². The predicted octanol–water partition coefficient (Wildman–Crippen LogP) is 4.20. The van der Waals surface area contributed by atoms with E-state index in [9.17, 15) is 19.1 Å². The Hall–Kier alpha value is -3.15. The van der Waals surface area contributed by atoms with E-state index < -0.39 is 23.5 Å². The van der Waals surface area contributed by atoms with Crippen molar-refractivity contribution in [2.45, 2.75) is 37.8 Å². The van der Waals surface area contributed by atoms with E-state index in [0.717, 1.165) is 25.7 Å². The Morgan fingerprint density at radius 1 is 1.10 bits per heavy atom. The van der Waals surface area contributed by atoms with E-state index >= 15 is 0 Å². The van der Waals surface area contributed by atoms with E-state index in [0.29, 0.717) is 16.9 Å². The van der Waals surface area contributed by atoms with E-state index in [1.807, 2.05) is 0 Å². The van der Waals surface area contributed by atoms with Crippen LogP contribution >= 0.6 is 0 Å². The summed E-state index contributed by atoms with van der Waals surface area (Å²) in [5, 5.41) is 11.0. The molecule has 2 aliphatic rings. The van der Waals surface area contributed by atoms with Crippen molar-refractivity contribution in [1.29, 1.82) is 0 Å². The first-order valence-electron chi connectivity index (χ1n) is 9.71. The van der Waals surface area contributed by atoms with Crippen molar-refractivity contribution >= 4 is 17.4 Å². The largest absolute Gasteiger partial charge is 0.507 e. The van der Waals surface area contributed by atoms with Gasteiger partial charge in [-0.3, -0.25) is 9.59 Å². The second kappa shape index (κ2) is 7.70. The summed E-state index contributed by atoms with van der Waals surface area (Å²) in [7, 11) is 1.51. The molecule has 1 amide bonds. The Bertz CT molecular complexity index is 977. The van der Waals surface area contributed by atoms with Gasteiger partial charge < -0.3 is 14.7 Å². The van der Waals surface area contributed by atoms with E-state index in [-0.39, 0.29) is 17.4 Å². The molecule has 150 valence electrons. The number of amides is 1. The maximum Gasteiger partial charge on any atom is 0.295 e. The fourth-order valence-corrected chi connectivity index (χ4v) is 4.31. The number of ketones is 1. The van der Waals surface area contributed by atoms with Gasteiger partial charge in [-0.2, -0.15) is 0 Å². The quantitative estimate of drug-likeness (QED) is 0.479. The molecule has 1 saturated heterocycles. The third-order valence-electron chi connectivity index (χ3n) is 5.73. The number of carbonyl (C=O) groups excluding carboxylic acids is 2. The molecule has 2 aromatic rings. The van der Waals surface area contributed by atoms with Crippen LogP contribution in [0.25, 0.3) is 5.76 Å². The molecule has 0 radical (unpaired) electrons. The Kier molecular flexibility index (Phi) is 5.09. The Morgan fingerprint density at radius 3 is 2.45 bits per heavy atom. The highest BCUT2D eigenvalue weighted by Crippen LogP contribution is 2.43. The molecule has 1 aliphatic carbocycles. The van der Waals surface area contributed by atoms with Crippen LogP contribution in [0.4, 0.5) is 4.39 Å². The van der Waals surface area contributed by atoms with Crippen LogP contribution in [0, 0.1) is 5.82 Å². The van der Waals surface area contributed by atoms with Gasteiger partial charge in [0.15, 0.2) is 0 Å². The van der Waals surface area contributed by atoms with Gasteiger partial charge in [0.2, 0.25) is 0 Å². The maximum atomic E-state index is 13.5. The van der Waals surface area contributed by atoms with Crippen LogP contribution in [0.1, 0.15) is 42.9 Å². The van der Waals surface area contributed by atoms with Crippen LogP contribution in [0.15, 0.2) is 54.1 Å². The zero-order valence-electron chi connectivity index (χ0n) is 16.1. The first-order chi connectivity index (χ1) is 14.0.